The van der Waals surface area contributed by atoms with Crippen LogP contribution in [0.1, 0.15) is 15.2 Å². The largest absolute Gasteiger partial charge is 0.483 e. The summed E-state index contributed by atoms with van der Waals surface area (Å²) in [6.07, 6.45) is 0. The van der Waals surface area contributed by atoms with Crippen molar-refractivity contribution < 1.29 is 18.3 Å². The predicted octanol–water partition coefficient (Wildman–Crippen LogP) is 2.21. The molecule has 0 saturated heterocycles. The molecular weight excluding hydrogens is 274 g/mol. The fourth-order valence-electron chi connectivity index (χ4n) is 1.48. The lowest BCUT2D eigenvalue weighted by molar-refractivity contribution is 0.0955. The number of para-hydroxylation sites is 1. The lowest BCUT2D eigenvalue weighted by atomic mass is 10.2. The maximum absolute atomic E-state index is 13.3. The van der Waals surface area contributed by atoms with Gasteiger partial charge in [0, 0.05) is 5.56 Å². The van der Waals surface area contributed by atoms with E-state index in [4.69, 9.17) is 10.6 Å². The predicted molar refractivity (Wildman–Crippen MR) is 66.7 cm³/mol. The molecule has 19 heavy (non-hydrogen) atoms. The molecule has 1 aromatic carbocycles. The molecule has 7 heteroatoms. The number of thiophene rings is 1. The van der Waals surface area contributed by atoms with Crippen LogP contribution in [0, 0.1) is 11.6 Å². The molecule has 4 nitrogen and oxygen atoms in total. The monoisotopic (exact) mass is 284 g/mol. The first-order valence-electron chi connectivity index (χ1n) is 5.27. The van der Waals surface area contributed by atoms with E-state index in [-0.39, 0.29) is 6.61 Å². The highest BCUT2D eigenvalue weighted by Crippen LogP contribution is 2.24. The minimum Gasteiger partial charge on any atom is -0.483 e. The first kappa shape index (κ1) is 13.4. The smallest absolute Gasteiger partial charge is 0.275 e. The minimum atomic E-state index is -0.792. The van der Waals surface area contributed by atoms with Gasteiger partial charge in [0.1, 0.15) is 6.61 Å². The van der Waals surface area contributed by atoms with Crippen LogP contribution in [0.2, 0.25) is 0 Å². The molecule has 100 valence electrons. The van der Waals surface area contributed by atoms with Gasteiger partial charge in [-0.05, 0) is 23.6 Å². The summed E-state index contributed by atoms with van der Waals surface area (Å²) >= 11 is 1.17. The quantitative estimate of drug-likeness (QED) is 0.514. The van der Waals surface area contributed by atoms with Crippen LogP contribution in [0.15, 0.2) is 29.6 Å². The Bertz CT molecular complexity index is 581. The number of nitrogens with two attached hydrogens (primary N) is 1. The summed E-state index contributed by atoms with van der Waals surface area (Å²) in [5.41, 5.74) is 2.51. The molecule has 0 spiro atoms. The van der Waals surface area contributed by atoms with E-state index < -0.39 is 23.3 Å². The summed E-state index contributed by atoms with van der Waals surface area (Å²) in [6, 6.07) is 5.07. The van der Waals surface area contributed by atoms with Crippen LogP contribution in [0.5, 0.6) is 5.75 Å². The van der Waals surface area contributed by atoms with Crippen LogP contribution in [0.4, 0.5) is 8.78 Å². The van der Waals surface area contributed by atoms with Crippen LogP contribution >= 0.6 is 11.3 Å². The average Bonchev–Trinajstić information content (AvgIpc) is 2.85. The molecule has 0 aliphatic heterocycles. The first-order valence-corrected chi connectivity index (χ1v) is 6.15. The molecule has 1 heterocycles. The van der Waals surface area contributed by atoms with Gasteiger partial charge in [0.05, 0.1) is 4.88 Å². The minimum absolute atomic E-state index is 0.121. The van der Waals surface area contributed by atoms with E-state index in [0.717, 1.165) is 12.1 Å². The molecule has 0 aliphatic rings. The fraction of sp³-hybridized carbons (Fsp3) is 0.0833. The number of nitrogens with one attached hydrogen (secondary N) is 1. The van der Waals surface area contributed by atoms with E-state index in [0.29, 0.717) is 10.4 Å². The van der Waals surface area contributed by atoms with Crippen molar-refractivity contribution in [1.29, 1.82) is 0 Å². The van der Waals surface area contributed by atoms with Crippen molar-refractivity contribution in [3.63, 3.8) is 0 Å². The van der Waals surface area contributed by atoms with Crippen molar-refractivity contribution in [2.24, 2.45) is 5.84 Å². The molecule has 0 bridgehead atoms. The number of hydrazine groups is 1. The molecule has 2 rings (SSSR count). The van der Waals surface area contributed by atoms with Crippen molar-refractivity contribution in [1.82, 2.24) is 5.43 Å². The highest BCUT2D eigenvalue weighted by Gasteiger charge is 2.15. The standard InChI is InChI=1S/C12H10F2N2O2S/c13-8-2-1-3-9(14)10(8)18-6-7-4-5-19-11(7)12(17)16-15/h1-5H,6,15H2,(H,16,17). The van der Waals surface area contributed by atoms with Gasteiger partial charge in [-0.2, -0.15) is 0 Å². The van der Waals surface area contributed by atoms with Gasteiger partial charge < -0.3 is 4.74 Å². The Morgan fingerprint density at radius 1 is 1.32 bits per heavy atom. The number of amides is 1. The maximum atomic E-state index is 13.3. The zero-order valence-corrected chi connectivity index (χ0v) is 10.5. The van der Waals surface area contributed by atoms with Gasteiger partial charge in [0.25, 0.3) is 5.91 Å². The van der Waals surface area contributed by atoms with Gasteiger partial charge in [-0.15, -0.1) is 11.3 Å². The van der Waals surface area contributed by atoms with Gasteiger partial charge in [0.2, 0.25) is 0 Å². The zero-order chi connectivity index (χ0) is 13.8. The number of carbonyl (C=O) groups excluding carboxylic acids is 1. The fourth-order valence-corrected chi connectivity index (χ4v) is 2.30. The summed E-state index contributed by atoms with van der Waals surface area (Å²) in [5, 5.41) is 1.67. The topological polar surface area (TPSA) is 64.3 Å². The van der Waals surface area contributed by atoms with Crippen molar-refractivity contribution >= 4 is 17.2 Å². The Hall–Kier alpha value is -1.99. The molecule has 0 aliphatic carbocycles. The maximum Gasteiger partial charge on any atom is 0.275 e. The van der Waals surface area contributed by atoms with E-state index in [1.807, 2.05) is 5.43 Å². The van der Waals surface area contributed by atoms with Crippen molar-refractivity contribution in [3.8, 4) is 5.75 Å². The highest BCUT2D eigenvalue weighted by molar-refractivity contribution is 7.12. The lowest BCUT2D eigenvalue weighted by Crippen LogP contribution is -2.30. The number of hydrogen-bond donors (Lipinski definition) is 2. The van der Waals surface area contributed by atoms with Gasteiger partial charge in [-0.1, -0.05) is 6.07 Å². The second kappa shape index (κ2) is 5.77. The molecule has 3 N–H and O–H groups in total. The molecule has 1 amide bonds. The van der Waals surface area contributed by atoms with Gasteiger partial charge in [-0.25, -0.2) is 14.6 Å². The molecule has 0 fully saturated rings. The first-order chi connectivity index (χ1) is 9.13. The molecule has 0 atom stereocenters. The molecule has 0 saturated carbocycles. The zero-order valence-electron chi connectivity index (χ0n) is 9.65. The van der Waals surface area contributed by atoms with Gasteiger partial charge in [0.15, 0.2) is 17.4 Å². The number of halogens is 2. The molecule has 1 aromatic heterocycles. The Morgan fingerprint density at radius 3 is 2.63 bits per heavy atom. The van der Waals surface area contributed by atoms with Gasteiger partial charge >= 0.3 is 0 Å². The van der Waals surface area contributed by atoms with Crippen molar-refractivity contribution in [2.75, 3.05) is 0 Å². The number of nitrogen functional groups attached to an aromatic ring is 1. The molecule has 0 radical (unpaired) electrons. The van der Waals surface area contributed by atoms with Crippen LogP contribution in [-0.4, -0.2) is 5.91 Å². The van der Waals surface area contributed by atoms with E-state index in [9.17, 15) is 13.6 Å². The van der Waals surface area contributed by atoms with E-state index >= 15 is 0 Å². The molecule has 2 aromatic rings. The number of benzene rings is 1. The number of hydrogen-bond acceptors (Lipinski definition) is 4. The number of carbonyl (C=O) groups is 1. The van der Waals surface area contributed by atoms with Crippen LogP contribution in [0.25, 0.3) is 0 Å². The normalized spacial score (nSPS) is 10.3. The second-order valence-corrected chi connectivity index (χ2v) is 4.50. The van der Waals surface area contributed by atoms with Crippen LogP contribution in [-0.2, 0) is 6.61 Å². The third-order valence-corrected chi connectivity index (χ3v) is 3.33. The molecular formula is C12H10F2N2O2S. The van der Waals surface area contributed by atoms with Gasteiger partial charge in [-0.3, -0.25) is 10.2 Å². The summed E-state index contributed by atoms with van der Waals surface area (Å²) in [7, 11) is 0. The lowest BCUT2D eigenvalue weighted by Gasteiger charge is -2.08. The Balaban J connectivity index is 2.15. The highest BCUT2D eigenvalue weighted by atomic mass is 32.1. The van der Waals surface area contributed by atoms with E-state index in [1.165, 1.54) is 17.4 Å². The Morgan fingerprint density at radius 2 is 2.00 bits per heavy atom. The summed E-state index contributed by atoms with van der Waals surface area (Å²) in [4.78, 5) is 11.8. The summed E-state index contributed by atoms with van der Waals surface area (Å²) in [6.45, 7) is -0.121. The third kappa shape index (κ3) is 2.88. The number of rotatable bonds is 4. The van der Waals surface area contributed by atoms with Crippen LogP contribution in [0.3, 0.4) is 0 Å². The summed E-state index contributed by atoms with van der Waals surface area (Å²) in [5.74, 6) is 2.52. The Labute approximate surface area is 111 Å². The summed E-state index contributed by atoms with van der Waals surface area (Å²) < 4.78 is 31.8. The van der Waals surface area contributed by atoms with E-state index in [1.54, 1.807) is 11.4 Å². The molecule has 0 unspecified atom stereocenters. The Kier molecular flexibility index (Phi) is 4.08. The van der Waals surface area contributed by atoms with Crippen molar-refractivity contribution in [3.05, 3.63) is 51.7 Å². The number of ether oxygens (including phenoxy) is 1. The van der Waals surface area contributed by atoms with Crippen molar-refractivity contribution in [2.45, 2.75) is 6.61 Å². The average molecular weight is 284 g/mol. The van der Waals surface area contributed by atoms with E-state index in [2.05, 4.69) is 0 Å². The van der Waals surface area contributed by atoms with Crippen LogP contribution < -0.4 is 16.0 Å². The SMILES string of the molecule is NNC(=O)c1sccc1COc1c(F)cccc1F. The third-order valence-electron chi connectivity index (χ3n) is 2.38. The second-order valence-electron chi connectivity index (χ2n) is 3.59.